The third-order valence-corrected chi connectivity index (χ3v) is 4.55. The zero-order chi connectivity index (χ0) is 18.9. The van der Waals surface area contributed by atoms with Gasteiger partial charge in [-0.2, -0.15) is 13.2 Å². The van der Waals surface area contributed by atoms with Crippen LogP contribution in [0.3, 0.4) is 0 Å². The van der Waals surface area contributed by atoms with E-state index in [1.54, 1.807) is 6.07 Å². The predicted octanol–water partition coefficient (Wildman–Crippen LogP) is 4.78. The number of amides is 1. The maximum Gasteiger partial charge on any atom is 0.416 e. The Morgan fingerprint density at radius 1 is 1.08 bits per heavy atom. The molecule has 26 heavy (non-hydrogen) atoms. The number of halogens is 3. The van der Waals surface area contributed by atoms with Gasteiger partial charge in [0.2, 0.25) is 0 Å². The summed E-state index contributed by atoms with van der Waals surface area (Å²) >= 11 is 0. The quantitative estimate of drug-likeness (QED) is 0.691. The minimum absolute atomic E-state index is 0.197. The first-order chi connectivity index (χ1) is 12.3. The van der Waals surface area contributed by atoms with Gasteiger partial charge in [-0.05, 0) is 61.7 Å². The Morgan fingerprint density at radius 3 is 2.42 bits per heavy atom. The first-order valence-electron chi connectivity index (χ1n) is 8.29. The van der Waals surface area contributed by atoms with Crippen molar-refractivity contribution in [2.75, 3.05) is 6.54 Å². The third-order valence-electron chi connectivity index (χ3n) is 4.55. The van der Waals surface area contributed by atoms with Crippen LogP contribution in [-0.2, 0) is 12.6 Å². The topological polar surface area (TPSA) is 44.9 Å². The highest BCUT2D eigenvalue weighted by Crippen LogP contribution is 2.29. The molecule has 0 saturated heterocycles. The minimum atomic E-state index is -4.33. The summed E-state index contributed by atoms with van der Waals surface area (Å²) in [6.45, 7) is 4.34. The van der Waals surface area contributed by atoms with Crippen molar-refractivity contribution in [1.82, 2.24) is 10.3 Å². The summed E-state index contributed by atoms with van der Waals surface area (Å²) in [5, 5.41) is 3.82. The minimum Gasteiger partial charge on any atom is -0.358 e. The second kappa shape index (κ2) is 6.86. The standard InChI is InChI=1S/C20H19F3N2O/c1-12-13(2)25-18-8-5-15(11-17(12)18)19(26)24-10-9-14-3-6-16(7-4-14)20(21,22)23/h3-8,11,25H,9-10H2,1-2H3,(H,24,26). The Labute approximate surface area is 149 Å². The molecule has 0 aliphatic rings. The second-order valence-electron chi connectivity index (χ2n) is 6.34. The van der Waals surface area contributed by atoms with Crippen LogP contribution in [0.25, 0.3) is 10.9 Å². The van der Waals surface area contributed by atoms with Crippen LogP contribution in [0.2, 0.25) is 0 Å². The van der Waals surface area contributed by atoms with Crippen molar-refractivity contribution >= 4 is 16.8 Å². The summed E-state index contributed by atoms with van der Waals surface area (Å²) in [7, 11) is 0. The number of carbonyl (C=O) groups excluding carboxylic acids is 1. The third kappa shape index (κ3) is 3.74. The molecule has 2 aromatic carbocycles. The lowest BCUT2D eigenvalue weighted by molar-refractivity contribution is -0.137. The molecule has 1 amide bonds. The summed E-state index contributed by atoms with van der Waals surface area (Å²) < 4.78 is 37.6. The first-order valence-corrected chi connectivity index (χ1v) is 8.29. The molecule has 3 rings (SSSR count). The van der Waals surface area contributed by atoms with Crippen molar-refractivity contribution in [3.05, 3.63) is 70.4 Å². The molecular formula is C20H19F3N2O. The summed E-state index contributed by atoms with van der Waals surface area (Å²) in [4.78, 5) is 15.6. The van der Waals surface area contributed by atoms with Gasteiger partial charge in [-0.3, -0.25) is 4.79 Å². The zero-order valence-corrected chi connectivity index (χ0v) is 14.5. The van der Waals surface area contributed by atoms with Crippen LogP contribution in [0.15, 0.2) is 42.5 Å². The fourth-order valence-corrected chi connectivity index (χ4v) is 2.89. The molecule has 0 aliphatic carbocycles. The van der Waals surface area contributed by atoms with Gasteiger partial charge in [0.15, 0.2) is 0 Å². The molecule has 0 aliphatic heterocycles. The molecule has 0 radical (unpaired) electrons. The molecular weight excluding hydrogens is 341 g/mol. The van der Waals surface area contributed by atoms with Gasteiger partial charge >= 0.3 is 6.18 Å². The summed E-state index contributed by atoms with van der Waals surface area (Å²) in [5.74, 6) is -0.197. The first kappa shape index (κ1) is 18.0. The molecule has 0 bridgehead atoms. The van der Waals surface area contributed by atoms with Crippen LogP contribution in [0.1, 0.15) is 32.7 Å². The van der Waals surface area contributed by atoms with Gasteiger partial charge in [0.25, 0.3) is 5.91 Å². The lowest BCUT2D eigenvalue weighted by atomic mass is 10.1. The van der Waals surface area contributed by atoms with Crippen LogP contribution in [0.5, 0.6) is 0 Å². The molecule has 3 aromatic rings. The maximum absolute atomic E-state index is 12.5. The number of benzene rings is 2. The van der Waals surface area contributed by atoms with Gasteiger partial charge in [0, 0.05) is 28.7 Å². The van der Waals surface area contributed by atoms with E-state index in [4.69, 9.17) is 0 Å². The van der Waals surface area contributed by atoms with Gasteiger partial charge in [-0.1, -0.05) is 12.1 Å². The van der Waals surface area contributed by atoms with E-state index in [2.05, 4.69) is 10.3 Å². The number of hydrogen-bond donors (Lipinski definition) is 2. The Bertz CT molecular complexity index is 940. The average molecular weight is 360 g/mol. The monoisotopic (exact) mass is 360 g/mol. The summed E-state index contributed by atoms with van der Waals surface area (Å²) in [6, 6.07) is 10.5. The zero-order valence-electron chi connectivity index (χ0n) is 14.5. The van der Waals surface area contributed by atoms with Crippen LogP contribution < -0.4 is 5.32 Å². The van der Waals surface area contributed by atoms with Crippen molar-refractivity contribution in [3.63, 3.8) is 0 Å². The maximum atomic E-state index is 12.5. The predicted molar refractivity (Wildman–Crippen MR) is 95.3 cm³/mol. The molecule has 3 nitrogen and oxygen atoms in total. The van der Waals surface area contributed by atoms with E-state index in [0.29, 0.717) is 18.5 Å². The smallest absolute Gasteiger partial charge is 0.358 e. The molecule has 0 saturated carbocycles. The van der Waals surface area contributed by atoms with Gasteiger partial charge in [0.1, 0.15) is 0 Å². The number of alkyl halides is 3. The highest BCUT2D eigenvalue weighted by Gasteiger charge is 2.29. The van der Waals surface area contributed by atoms with E-state index < -0.39 is 11.7 Å². The SMILES string of the molecule is Cc1[nH]c2ccc(C(=O)NCCc3ccc(C(F)(F)F)cc3)cc2c1C. The largest absolute Gasteiger partial charge is 0.416 e. The average Bonchev–Trinajstić information content (AvgIpc) is 2.88. The molecule has 0 unspecified atom stereocenters. The van der Waals surface area contributed by atoms with Crippen LogP contribution >= 0.6 is 0 Å². The molecule has 1 aromatic heterocycles. The number of H-pyrrole nitrogens is 1. The van der Waals surface area contributed by atoms with Crippen LogP contribution in [-0.4, -0.2) is 17.4 Å². The van der Waals surface area contributed by atoms with E-state index in [0.717, 1.165) is 39.9 Å². The van der Waals surface area contributed by atoms with Gasteiger partial charge in [-0.15, -0.1) is 0 Å². The second-order valence-corrected chi connectivity index (χ2v) is 6.34. The number of aryl methyl sites for hydroxylation is 2. The summed E-state index contributed by atoms with van der Waals surface area (Å²) in [6.07, 6.45) is -3.87. The summed E-state index contributed by atoms with van der Waals surface area (Å²) in [5.41, 5.74) is 3.80. The van der Waals surface area contributed by atoms with E-state index in [1.165, 1.54) is 12.1 Å². The highest BCUT2D eigenvalue weighted by atomic mass is 19.4. The molecule has 0 fully saturated rings. The lowest BCUT2D eigenvalue weighted by Gasteiger charge is -2.08. The van der Waals surface area contributed by atoms with Crippen molar-refractivity contribution in [3.8, 4) is 0 Å². The number of carbonyl (C=O) groups is 1. The van der Waals surface area contributed by atoms with Crippen molar-refractivity contribution in [1.29, 1.82) is 0 Å². The Hall–Kier alpha value is -2.76. The van der Waals surface area contributed by atoms with Crippen LogP contribution in [0, 0.1) is 13.8 Å². The Kier molecular flexibility index (Phi) is 4.76. The normalized spacial score (nSPS) is 11.7. The van der Waals surface area contributed by atoms with Gasteiger partial charge in [0.05, 0.1) is 5.56 Å². The number of hydrogen-bond acceptors (Lipinski definition) is 1. The van der Waals surface area contributed by atoms with Crippen molar-refractivity contribution < 1.29 is 18.0 Å². The number of nitrogens with one attached hydrogen (secondary N) is 2. The highest BCUT2D eigenvalue weighted by molar-refractivity contribution is 5.99. The van der Waals surface area contributed by atoms with Gasteiger partial charge < -0.3 is 10.3 Å². The number of aromatic nitrogens is 1. The van der Waals surface area contributed by atoms with Gasteiger partial charge in [-0.25, -0.2) is 0 Å². The molecule has 2 N–H and O–H groups in total. The molecule has 1 heterocycles. The number of rotatable bonds is 4. The molecule has 136 valence electrons. The van der Waals surface area contributed by atoms with Crippen molar-refractivity contribution in [2.24, 2.45) is 0 Å². The lowest BCUT2D eigenvalue weighted by Crippen LogP contribution is -2.25. The molecule has 0 spiro atoms. The number of aromatic amines is 1. The fourth-order valence-electron chi connectivity index (χ4n) is 2.89. The van der Waals surface area contributed by atoms with E-state index in [-0.39, 0.29) is 5.91 Å². The number of fused-ring (bicyclic) bond motifs is 1. The molecule has 6 heteroatoms. The van der Waals surface area contributed by atoms with Crippen LogP contribution in [0.4, 0.5) is 13.2 Å². The van der Waals surface area contributed by atoms with E-state index >= 15 is 0 Å². The van der Waals surface area contributed by atoms with E-state index in [1.807, 2.05) is 26.0 Å². The Balaban J connectivity index is 1.61. The fraction of sp³-hybridized carbons (Fsp3) is 0.250. The van der Waals surface area contributed by atoms with E-state index in [9.17, 15) is 18.0 Å². The molecule has 0 atom stereocenters. The van der Waals surface area contributed by atoms with Crippen molar-refractivity contribution in [2.45, 2.75) is 26.4 Å². The Morgan fingerprint density at radius 2 is 1.77 bits per heavy atom.